The first kappa shape index (κ1) is 15.0. The van der Waals surface area contributed by atoms with Crippen LogP contribution in [0.1, 0.15) is 11.3 Å². The van der Waals surface area contributed by atoms with Gasteiger partial charge >= 0.3 is 0 Å². The quantitative estimate of drug-likeness (QED) is 0.807. The van der Waals surface area contributed by atoms with Crippen LogP contribution in [-0.4, -0.2) is 10.5 Å². The van der Waals surface area contributed by atoms with Gasteiger partial charge in [-0.2, -0.15) is 0 Å². The van der Waals surface area contributed by atoms with Gasteiger partial charge in [-0.15, -0.1) is 0 Å². The van der Waals surface area contributed by atoms with Crippen molar-refractivity contribution in [3.8, 4) is 0 Å². The van der Waals surface area contributed by atoms with Gasteiger partial charge in [-0.3, -0.25) is 9.59 Å². The van der Waals surface area contributed by atoms with Crippen LogP contribution in [0, 0.1) is 13.8 Å². The van der Waals surface area contributed by atoms with Crippen molar-refractivity contribution in [2.75, 3.05) is 5.32 Å². The Morgan fingerprint density at radius 3 is 2.48 bits per heavy atom. The maximum Gasteiger partial charge on any atom is 0.244 e. The maximum atomic E-state index is 12.3. The van der Waals surface area contributed by atoms with Gasteiger partial charge in [-0.05, 0) is 38.1 Å². The second-order valence-electron chi connectivity index (χ2n) is 5.67. The fraction of sp³-hybridized carbons (Fsp3) is 0.158. The van der Waals surface area contributed by atoms with Gasteiger partial charge in [-0.1, -0.05) is 29.8 Å². The molecule has 0 radical (unpaired) electrons. The number of nitrogens with one attached hydrogen (secondary N) is 1. The third kappa shape index (κ3) is 3.16. The molecule has 0 unspecified atom stereocenters. The molecule has 1 N–H and O–H groups in total. The number of pyridine rings is 1. The van der Waals surface area contributed by atoms with Gasteiger partial charge in [0.15, 0.2) is 5.43 Å². The smallest absolute Gasteiger partial charge is 0.244 e. The number of anilines is 1. The Morgan fingerprint density at radius 2 is 1.74 bits per heavy atom. The molecule has 1 amide bonds. The molecule has 0 saturated carbocycles. The Hall–Kier alpha value is -2.88. The lowest BCUT2D eigenvalue weighted by Crippen LogP contribution is -2.22. The van der Waals surface area contributed by atoms with E-state index in [1.165, 1.54) is 0 Å². The molecule has 2 aromatic carbocycles. The topological polar surface area (TPSA) is 51.1 Å². The largest absolute Gasteiger partial charge is 0.335 e. The van der Waals surface area contributed by atoms with Crippen LogP contribution in [0.2, 0.25) is 0 Å². The lowest BCUT2D eigenvalue weighted by atomic mass is 10.2. The number of hydrogen-bond acceptors (Lipinski definition) is 2. The Bertz CT molecular complexity index is 924. The van der Waals surface area contributed by atoms with Crippen LogP contribution in [-0.2, 0) is 11.3 Å². The zero-order chi connectivity index (χ0) is 16.4. The van der Waals surface area contributed by atoms with E-state index in [0.717, 1.165) is 22.5 Å². The highest BCUT2D eigenvalue weighted by atomic mass is 16.2. The van der Waals surface area contributed by atoms with Crippen LogP contribution in [0.15, 0.2) is 59.4 Å². The van der Waals surface area contributed by atoms with E-state index in [2.05, 4.69) is 5.32 Å². The summed E-state index contributed by atoms with van der Waals surface area (Å²) < 4.78 is 1.86. The highest BCUT2D eigenvalue weighted by molar-refractivity contribution is 5.91. The Morgan fingerprint density at radius 1 is 1.04 bits per heavy atom. The first-order chi connectivity index (χ1) is 11.0. The summed E-state index contributed by atoms with van der Waals surface area (Å²) in [6, 6.07) is 16.6. The molecule has 4 nitrogen and oxygen atoms in total. The van der Waals surface area contributed by atoms with Crippen molar-refractivity contribution < 1.29 is 4.79 Å². The van der Waals surface area contributed by atoms with E-state index in [-0.39, 0.29) is 17.9 Å². The summed E-state index contributed by atoms with van der Waals surface area (Å²) >= 11 is 0. The average Bonchev–Trinajstić information content (AvgIpc) is 2.54. The summed E-state index contributed by atoms with van der Waals surface area (Å²) in [5.41, 5.74) is 3.44. The van der Waals surface area contributed by atoms with Crippen LogP contribution in [0.3, 0.4) is 0 Å². The van der Waals surface area contributed by atoms with E-state index in [9.17, 15) is 9.59 Å². The molecule has 1 aromatic heterocycles. The second kappa shape index (κ2) is 6.08. The number of carbonyl (C=O) groups excluding carboxylic acids is 1. The van der Waals surface area contributed by atoms with Crippen LogP contribution in [0.4, 0.5) is 5.69 Å². The van der Waals surface area contributed by atoms with E-state index < -0.39 is 0 Å². The van der Waals surface area contributed by atoms with Gasteiger partial charge in [0, 0.05) is 22.8 Å². The summed E-state index contributed by atoms with van der Waals surface area (Å²) in [7, 11) is 0. The molecule has 0 fully saturated rings. The molecular weight excluding hydrogens is 288 g/mol. The first-order valence-electron chi connectivity index (χ1n) is 7.50. The molecular formula is C19H18N2O2. The number of hydrogen-bond donors (Lipinski definition) is 1. The van der Waals surface area contributed by atoms with E-state index in [4.69, 9.17) is 0 Å². The SMILES string of the molecule is Cc1ccc(NC(=O)Cn2c(C)cc(=O)c3ccccc32)cc1. The van der Waals surface area contributed by atoms with Gasteiger partial charge in [0.2, 0.25) is 5.91 Å². The molecule has 0 bridgehead atoms. The minimum Gasteiger partial charge on any atom is -0.335 e. The number of benzene rings is 2. The number of amides is 1. The Labute approximate surface area is 134 Å². The normalized spacial score (nSPS) is 10.7. The Kier molecular flexibility index (Phi) is 3.98. The van der Waals surface area contributed by atoms with Gasteiger partial charge < -0.3 is 9.88 Å². The van der Waals surface area contributed by atoms with Crippen LogP contribution >= 0.6 is 0 Å². The number of carbonyl (C=O) groups is 1. The fourth-order valence-corrected chi connectivity index (χ4v) is 2.64. The van der Waals surface area contributed by atoms with Crippen molar-refractivity contribution in [2.24, 2.45) is 0 Å². The van der Waals surface area contributed by atoms with Gasteiger partial charge in [0.1, 0.15) is 6.54 Å². The standard InChI is InChI=1S/C19H18N2O2/c1-13-7-9-15(10-8-13)20-19(23)12-21-14(2)11-18(22)16-5-3-4-6-17(16)21/h3-11H,12H2,1-2H3,(H,20,23). The van der Waals surface area contributed by atoms with Crippen molar-refractivity contribution in [1.29, 1.82) is 0 Å². The predicted octanol–water partition coefficient (Wildman–Crippen LogP) is 3.26. The molecule has 3 aromatic rings. The molecule has 23 heavy (non-hydrogen) atoms. The van der Waals surface area contributed by atoms with Gasteiger partial charge in [0.25, 0.3) is 0 Å². The molecule has 3 rings (SSSR count). The zero-order valence-corrected chi connectivity index (χ0v) is 13.2. The lowest BCUT2D eigenvalue weighted by Gasteiger charge is -2.14. The monoisotopic (exact) mass is 306 g/mol. The van der Waals surface area contributed by atoms with Crippen molar-refractivity contribution in [3.05, 3.63) is 76.1 Å². The van der Waals surface area contributed by atoms with Crippen molar-refractivity contribution in [1.82, 2.24) is 4.57 Å². The zero-order valence-electron chi connectivity index (χ0n) is 13.2. The summed E-state index contributed by atoms with van der Waals surface area (Å²) in [6.45, 7) is 4.01. The highest BCUT2D eigenvalue weighted by Crippen LogP contribution is 2.14. The second-order valence-corrected chi connectivity index (χ2v) is 5.67. The van der Waals surface area contributed by atoms with Crippen LogP contribution < -0.4 is 10.7 Å². The third-order valence-electron chi connectivity index (χ3n) is 3.86. The summed E-state index contributed by atoms with van der Waals surface area (Å²) in [5, 5.41) is 3.51. The van der Waals surface area contributed by atoms with Crippen molar-refractivity contribution in [3.63, 3.8) is 0 Å². The van der Waals surface area contributed by atoms with Crippen LogP contribution in [0.5, 0.6) is 0 Å². The van der Waals surface area contributed by atoms with Gasteiger partial charge in [0.05, 0.1) is 5.52 Å². The molecule has 0 atom stereocenters. The maximum absolute atomic E-state index is 12.3. The number of aryl methyl sites for hydroxylation is 2. The van der Waals surface area contributed by atoms with E-state index in [1.54, 1.807) is 12.1 Å². The first-order valence-corrected chi connectivity index (χ1v) is 7.50. The molecule has 0 aliphatic carbocycles. The number of nitrogens with zero attached hydrogens (tertiary/aromatic N) is 1. The predicted molar refractivity (Wildman–Crippen MR) is 92.8 cm³/mol. The molecule has 4 heteroatoms. The minimum atomic E-state index is -0.120. The fourth-order valence-electron chi connectivity index (χ4n) is 2.64. The van der Waals surface area contributed by atoms with Gasteiger partial charge in [-0.25, -0.2) is 0 Å². The summed E-state index contributed by atoms with van der Waals surface area (Å²) in [6.07, 6.45) is 0. The van der Waals surface area contributed by atoms with Crippen molar-refractivity contribution in [2.45, 2.75) is 20.4 Å². The minimum absolute atomic E-state index is 0.0201. The summed E-state index contributed by atoms with van der Waals surface area (Å²) in [4.78, 5) is 24.4. The summed E-state index contributed by atoms with van der Waals surface area (Å²) in [5.74, 6) is -0.120. The molecule has 1 heterocycles. The number of para-hydroxylation sites is 1. The average molecular weight is 306 g/mol. The Balaban J connectivity index is 1.90. The van der Waals surface area contributed by atoms with E-state index in [1.807, 2.05) is 60.9 Å². The number of aromatic nitrogens is 1. The van der Waals surface area contributed by atoms with E-state index >= 15 is 0 Å². The third-order valence-corrected chi connectivity index (χ3v) is 3.86. The van der Waals surface area contributed by atoms with Crippen molar-refractivity contribution >= 4 is 22.5 Å². The highest BCUT2D eigenvalue weighted by Gasteiger charge is 2.10. The molecule has 0 spiro atoms. The molecule has 116 valence electrons. The molecule has 0 aliphatic rings. The number of rotatable bonds is 3. The number of fused-ring (bicyclic) bond motifs is 1. The molecule has 0 saturated heterocycles. The lowest BCUT2D eigenvalue weighted by molar-refractivity contribution is -0.116. The van der Waals surface area contributed by atoms with E-state index in [0.29, 0.717) is 5.39 Å². The molecule has 0 aliphatic heterocycles. The van der Waals surface area contributed by atoms with Crippen LogP contribution in [0.25, 0.3) is 10.9 Å².